The molecular formula is C16H14FIN4O3. The highest BCUT2D eigenvalue weighted by Gasteiger charge is 2.25. The van der Waals surface area contributed by atoms with Crippen molar-refractivity contribution in [2.24, 2.45) is 5.16 Å². The third-order valence-electron chi connectivity index (χ3n) is 3.79. The van der Waals surface area contributed by atoms with Crippen LogP contribution in [0, 0.1) is 19.7 Å². The summed E-state index contributed by atoms with van der Waals surface area (Å²) in [6.45, 7) is 3.55. The summed E-state index contributed by atoms with van der Waals surface area (Å²) in [6, 6.07) is 4.04. The zero-order valence-corrected chi connectivity index (χ0v) is 15.5. The Labute approximate surface area is 155 Å². The number of rotatable bonds is 4. The molecule has 3 aromatic rings. The molecule has 0 spiro atoms. The van der Waals surface area contributed by atoms with E-state index < -0.39 is 11.6 Å². The summed E-state index contributed by atoms with van der Waals surface area (Å²) < 4.78 is 21.2. The number of aromatic nitrogens is 3. The van der Waals surface area contributed by atoms with Gasteiger partial charge in [0.25, 0.3) is 0 Å². The monoisotopic (exact) mass is 456 g/mol. The van der Waals surface area contributed by atoms with Crippen LogP contribution in [0.25, 0.3) is 22.4 Å². The minimum absolute atomic E-state index is 0.437. The number of phenolic OH excluding ortho intramolecular Hbond substituents is 1. The van der Waals surface area contributed by atoms with E-state index in [1.54, 1.807) is 24.6 Å². The molecule has 9 heteroatoms. The lowest BCUT2D eigenvalue weighted by atomic mass is 9.97. The maximum absolute atomic E-state index is 13.9. The number of hydrogen-bond acceptors (Lipinski definition) is 6. The molecule has 25 heavy (non-hydrogen) atoms. The molecule has 0 saturated carbocycles. The molecule has 2 heterocycles. The van der Waals surface area contributed by atoms with Crippen LogP contribution in [0.5, 0.6) is 5.75 Å². The van der Waals surface area contributed by atoms with Crippen LogP contribution in [0.2, 0.25) is 0 Å². The molecule has 0 amide bonds. The molecule has 2 N–H and O–H groups in total. The largest absolute Gasteiger partial charge is 0.505 e. The van der Waals surface area contributed by atoms with Crippen LogP contribution in [0.1, 0.15) is 17.1 Å². The van der Waals surface area contributed by atoms with Crippen LogP contribution in [0.3, 0.4) is 0 Å². The summed E-state index contributed by atoms with van der Waals surface area (Å²) in [7, 11) is 0. The van der Waals surface area contributed by atoms with Gasteiger partial charge in [-0.15, -0.1) is 0 Å². The van der Waals surface area contributed by atoms with Gasteiger partial charge in [0.1, 0.15) is 11.5 Å². The Bertz CT molecular complexity index is 945. The average molecular weight is 456 g/mol. The number of hydrogen-bond donors (Lipinski definition) is 2. The lowest BCUT2D eigenvalue weighted by molar-refractivity contribution is 0.321. The minimum Gasteiger partial charge on any atom is -0.505 e. The molecule has 0 radical (unpaired) electrons. The van der Waals surface area contributed by atoms with E-state index in [0.29, 0.717) is 44.1 Å². The zero-order valence-electron chi connectivity index (χ0n) is 13.4. The summed E-state index contributed by atoms with van der Waals surface area (Å²) in [4.78, 5) is 0. The van der Waals surface area contributed by atoms with Crippen LogP contribution in [-0.2, 0) is 4.55 Å². The fourth-order valence-electron chi connectivity index (χ4n) is 2.69. The highest BCUT2D eigenvalue weighted by molar-refractivity contribution is 14.1. The van der Waals surface area contributed by atoms with E-state index in [4.69, 9.17) is 9.73 Å². The predicted octanol–water partition coefficient (Wildman–Crippen LogP) is 3.87. The molecule has 1 aromatic carbocycles. The maximum atomic E-state index is 13.9. The summed E-state index contributed by atoms with van der Waals surface area (Å²) in [5.74, 6) is -0.615. The van der Waals surface area contributed by atoms with E-state index in [1.807, 2.05) is 0 Å². The Kier molecular flexibility index (Phi) is 4.75. The van der Waals surface area contributed by atoms with E-state index in [2.05, 4.69) is 38.0 Å². The topological polar surface area (TPSA) is 96.7 Å². The van der Waals surface area contributed by atoms with Gasteiger partial charge in [-0.3, -0.25) is 4.68 Å². The Morgan fingerprint density at radius 1 is 1.36 bits per heavy atom. The normalized spacial score (nSPS) is 11.5. The SMILES string of the molecule is Cc1noc(C)c1-c1c(-c2ccc(O)c(F)c2)nn(CI)c1C=NO. The Morgan fingerprint density at radius 2 is 2.12 bits per heavy atom. The van der Waals surface area contributed by atoms with Gasteiger partial charge in [-0.1, -0.05) is 32.9 Å². The van der Waals surface area contributed by atoms with Crippen LogP contribution in [0.15, 0.2) is 27.9 Å². The highest BCUT2D eigenvalue weighted by atomic mass is 127. The number of benzene rings is 1. The smallest absolute Gasteiger partial charge is 0.165 e. The molecule has 0 aliphatic carbocycles. The molecule has 0 saturated heterocycles. The fraction of sp³-hybridized carbons (Fsp3) is 0.188. The van der Waals surface area contributed by atoms with Crippen molar-refractivity contribution in [2.75, 3.05) is 0 Å². The molecule has 0 aliphatic heterocycles. The lowest BCUT2D eigenvalue weighted by Crippen LogP contribution is -2.01. The number of phenols is 1. The molecular weight excluding hydrogens is 442 g/mol. The molecule has 0 bridgehead atoms. The van der Waals surface area contributed by atoms with Gasteiger partial charge in [0.2, 0.25) is 0 Å². The molecule has 0 aliphatic rings. The van der Waals surface area contributed by atoms with Crippen molar-refractivity contribution < 1.29 is 19.2 Å². The van der Waals surface area contributed by atoms with Crippen LogP contribution < -0.4 is 0 Å². The molecule has 130 valence electrons. The molecule has 2 aromatic heterocycles. The third kappa shape index (κ3) is 2.99. The van der Waals surface area contributed by atoms with Gasteiger partial charge >= 0.3 is 0 Å². The van der Waals surface area contributed by atoms with Gasteiger partial charge in [-0.25, -0.2) is 4.39 Å². The highest BCUT2D eigenvalue weighted by Crippen LogP contribution is 2.38. The minimum atomic E-state index is -0.747. The quantitative estimate of drug-likeness (QED) is 0.204. The van der Waals surface area contributed by atoms with Gasteiger partial charge in [0, 0.05) is 11.1 Å². The maximum Gasteiger partial charge on any atom is 0.165 e. The Hall–Kier alpha value is -2.43. The molecule has 0 unspecified atom stereocenters. The second kappa shape index (κ2) is 6.82. The molecule has 3 rings (SSSR count). The van der Waals surface area contributed by atoms with Crippen molar-refractivity contribution >= 4 is 28.8 Å². The van der Waals surface area contributed by atoms with Crippen molar-refractivity contribution in [2.45, 2.75) is 18.4 Å². The third-order valence-corrected chi connectivity index (χ3v) is 4.44. The molecule has 0 atom stereocenters. The lowest BCUT2D eigenvalue weighted by Gasteiger charge is -2.05. The number of nitrogens with zero attached hydrogens (tertiary/aromatic N) is 4. The van der Waals surface area contributed by atoms with Gasteiger partial charge in [0.15, 0.2) is 11.6 Å². The first kappa shape index (κ1) is 17.4. The number of aromatic hydroxyl groups is 1. The van der Waals surface area contributed by atoms with Crippen LogP contribution in [-0.4, -0.2) is 31.5 Å². The first-order valence-corrected chi connectivity index (χ1v) is 8.76. The van der Waals surface area contributed by atoms with Gasteiger partial charge in [0.05, 0.1) is 27.7 Å². The van der Waals surface area contributed by atoms with Gasteiger partial charge in [-0.05, 0) is 32.0 Å². The predicted molar refractivity (Wildman–Crippen MR) is 97.7 cm³/mol. The zero-order chi connectivity index (χ0) is 18.1. The average Bonchev–Trinajstić information content (AvgIpc) is 3.10. The first-order valence-electron chi connectivity index (χ1n) is 7.24. The van der Waals surface area contributed by atoms with E-state index in [1.165, 1.54) is 18.3 Å². The summed E-state index contributed by atoms with van der Waals surface area (Å²) in [6.07, 6.45) is 1.27. The fourth-order valence-corrected chi connectivity index (χ4v) is 3.21. The standard InChI is InChI=1S/C16H14FIN4O3/c1-8-14(9(2)25-21-8)15-12(6-19-24)22(7-18)20-16(15)10-3-4-13(23)11(17)5-10/h3-6,23-24H,7H2,1-2H3. The van der Waals surface area contributed by atoms with Crippen molar-refractivity contribution in [3.63, 3.8) is 0 Å². The first-order chi connectivity index (χ1) is 12.0. The van der Waals surface area contributed by atoms with E-state index in [0.717, 1.165) is 0 Å². The van der Waals surface area contributed by atoms with Crippen LogP contribution in [0.4, 0.5) is 4.39 Å². The van der Waals surface area contributed by atoms with Crippen LogP contribution >= 0.6 is 22.6 Å². The van der Waals surface area contributed by atoms with Crippen molar-refractivity contribution in [3.8, 4) is 28.1 Å². The number of oxime groups is 1. The second-order valence-corrected chi connectivity index (χ2v) is 6.02. The summed E-state index contributed by atoms with van der Waals surface area (Å²) >= 11 is 2.12. The van der Waals surface area contributed by atoms with Crippen molar-refractivity contribution in [3.05, 3.63) is 41.2 Å². The number of aryl methyl sites for hydroxylation is 2. The Balaban J connectivity index is 2.37. The van der Waals surface area contributed by atoms with Gasteiger partial charge < -0.3 is 14.8 Å². The Morgan fingerprint density at radius 3 is 2.68 bits per heavy atom. The van der Waals surface area contributed by atoms with Crippen molar-refractivity contribution in [1.29, 1.82) is 0 Å². The van der Waals surface area contributed by atoms with E-state index in [9.17, 15) is 9.50 Å². The molecule has 0 fully saturated rings. The number of halogens is 2. The van der Waals surface area contributed by atoms with Gasteiger partial charge in [-0.2, -0.15) is 5.10 Å². The summed E-state index contributed by atoms with van der Waals surface area (Å²) in [5.41, 5.74) is 3.44. The summed E-state index contributed by atoms with van der Waals surface area (Å²) in [5, 5.41) is 30.1. The number of alkyl halides is 1. The van der Waals surface area contributed by atoms with E-state index >= 15 is 0 Å². The van der Waals surface area contributed by atoms with E-state index in [-0.39, 0.29) is 0 Å². The molecule has 7 nitrogen and oxygen atoms in total. The van der Waals surface area contributed by atoms with Crippen molar-refractivity contribution in [1.82, 2.24) is 14.9 Å². The second-order valence-electron chi connectivity index (χ2n) is 5.34.